The summed E-state index contributed by atoms with van der Waals surface area (Å²) in [7, 11) is 0. The zero-order valence-corrected chi connectivity index (χ0v) is 10.6. The van der Waals surface area contributed by atoms with Gasteiger partial charge in [-0.05, 0) is 31.0 Å². The van der Waals surface area contributed by atoms with E-state index in [0.717, 1.165) is 18.5 Å². The van der Waals surface area contributed by atoms with Crippen molar-refractivity contribution in [2.75, 3.05) is 18.1 Å². The highest BCUT2D eigenvalue weighted by atomic mass is 35.5. The SMILES string of the molecule is NC(=NO)c1ccc(N(CCO)C2CC2)c(Cl)c1. The Bertz CT molecular complexity index is 461. The lowest BCUT2D eigenvalue weighted by molar-refractivity contribution is 0.301. The number of amidine groups is 1. The predicted molar refractivity (Wildman–Crippen MR) is 71.4 cm³/mol. The Morgan fingerprint density at radius 1 is 1.50 bits per heavy atom. The standard InChI is InChI=1S/C12H16ClN3O2/c13-10-7-8(12(14)15-18)1-4-11(10)16(5-6-17)9-2-3-9/h1,4,7,9,17-18H,2-3,5-6H2,(H2,14,15). The van der Waals surface area contributed by atoms with Gasteiger partial charge in [0.2, 0.25) is 0 Å². The molecule has 0 atom stereocenters. The molecule has 0 amide bonds. The van der Waals surface area contributed by atoms with Crippen LogP contribution in [0.3, 0.4) is 0 Å². The van der Waals surface area contributed by atoms with Crippen molar-refractivity contribution in [1.82, 2.24) is 0 Å². The van der Waals surface area contributed by atoms with Gasteiger partial charge in [0.05, 0.1) is 17.3 Å². The van der Waals surface area contributed by atoms with E-state index in [1.54, 1.807) is 12.1 Å². The van der Waals surface area contributed by atoms with Gasteiger partial charge in [-0.2, -0.15) is 0 Å². The molecule has 1 aliphatic carbocycles. The van der Waals surface area contributed by atoms with Crippen molar-refractivity contribution in [3.8, 4) is 0 Å². The van der Waals surface area contributed by atoms with E-state index < -0.39 is 0 Å². The van der Waals surface area contributed by atoms with Gasteiger partial charge in [0, 0.05) is 18.2 Å². The lowest BCUT2D eigenvalue weighted by Gasteiger charge is -2.25. The first kappa shape index (κ1) is 13.0. The van der Waals surface area contributed by atoms with Crippen LogP contribution in [0.2, 0.25) is 5.02 Å². The smallest absolute Gasteiger partial charge is 0.170 e. The van der Waals surface area contributed by atoms with Crippen LogP contribution in [0.25, 0.3) is 0 Å². The highest BCUT2D eigenvalue weighted by Gasteiger charge is 2.29. The fraction of sp³-hybridized carbons (Fsp3) is 0.417. The molecule has 0 aromatic heterocycles. The zero-order valence-electron chi connectivity index (χ0n) is 9.88. The Balaban J connectivity index is 2.27. The summed E-state index contributed by atoms with van der Waals surface area (Å²) in [5, 5.41) is 21.2. The normalized spacial score (nSPS) is 15.8. The minimum atomic E-state index is 0.0311. The van der Waals surface area contributed by atoms with Gasteiger partial charge in [0.15, 0.2) is 5.84 Å². The van der Waals surface area contributed by atoms with Crippen molar-refractivity contribution in [2.24, 2.45) is 10.9 Å². The van der Waals surface area contributed by atoms with Crippen LogP contribution >= 0.6 is 11.6 Å². The van der Waals surface area contributed by atoms with Crippen molar-refractivity contribution < 1.29 is 10.3 Å². The van der Waals surface area contributed by atoms with Gasteiger partial charge < -0.3 is 20.9 Å². The monoisotopic (exact) mass is 269 g/mol. The third kappa shape index (κ3) is 2.68. The van der Waals surface area contributed by atoms with Crippen molar-refractivity contribution in [2.45, 2.75) is 18.9 Å². The van der Waals surface area contributed by atoms with Gasteiger partial charge in [-0.15, -0.1) is 0 Å². The molecule has 1 saturated carbocycles. The summed E-state index contributed by atoms with van der Waals surface area (Å²) < 4.78 is 0. The van der Waals surface area contributed by atoms with Crippen LogP contribution in [0.15, 0.2) is 23.4 Å². The molecule has 98 valence electrons. The Morgan fingerprint density at radius 2 is 2.22 bits per heavy atom. The largest absolute Gasteiger partial charge is 0.409 e. The maximum atomic E-state index is 9.09. The first-order valence-corrected chi connectivity index (χ1v) is 6.20. The average Bonchev–Trinajstić information content (AvgIpc) is 3.19. The maximum Gasteiger partial charge on any atom is 0.170 e. The highest BCUT2D eigenvalue weighted by Crippen LogP contribution is 2.35. The molecule has 0 spiro atoms. The van der Waals surface area contributed by atoms with Crippen molar-refractivity contribution in [3.05, 3.63) is 28.8 Å². The Kier molecular flexibility index (Phi) is 3.93. The summed E-state index contributed by atoms with van der Waals surface area (Å²) in [4.78, 5) is 2.10. The Labute approximate surface area is 110 Å². The number of oxime groups is 1. The number of nitrogens with two attached hydrogens (primary N) is 1. The number of nitrogens with zero attached hydrogens (tertiary/aromatic N) is 2. The molecule has 0 bridgehead atoms. The van der Waals surface area contributed by atoms with E-state index in [4.69, 9.17) is 27.6 Å². The number of hydrogen-bond acceptors (Lipinski definition) is 4. The summed E-state index contributed by atoms with van der Waals surface area (Å²) in [6.45, 7) is 0.655. The summed E-state index contributed by atoms with van der Waals surface area (Å²) >= 11 is 6.22. The maximum absolute atomic E-state index is 9.09. The van der Waals surface area contributed by atoms with Crippen LogP contribution < -0.4 is 10.6 Å². The topological polar surface area (TPSA) is 82.1 Å². The van der Waals surface area contributed by atoms with Crippen molar-refractivity contribution in [1.29, 1.82) is 0 Å². The molecule has 5 nitrogen and oxygen atoms in total. The van der Waals surface area contributed by atoms with Crippen molar-refractivity contribution in [3.63, 3.8) is 0 Å². The van der Waals surface area contributed by atoms with Crippen LogP contribution in [-0.4, -0.2) is 35.3 Å². The molecule has 0 saturated heterocycles. The second-order valence-electron chi connectivity index (χ2n) is 4.30. The highest BCUT2D eigenvalue weighted by molar-refractivity contribution is 6.33. The second kappa shape index (κ2) is 5.46. The molecule has 6 heteroatoms. The molecule has 0 unspecified atom stereocenters. The molecule has 0 aliphatic heterocycles. The number of benzene rings is 1. The molecule has 1 fully saturated rings. The average molecular weight is 270 g/mol. The number of halogens is 1. The number of anilines is 1. The van der Waals surface area contributed by atoms with Crippen LogP contribution in [0, 0.1) is 0 Å². The molecule has 0 radical (unpaired) electrons. The molecule has 1 aliphatic rings. The van der Waals surface area contributed by atoms with Gasteiger partial charge >= 0.3 is 0 Å². The quantitative estimate of drug-likeness (QED) is 0.327. The lowest BCUT2D eigenvalue weighted by Crippen LogP contribution is -2.29. The van der Waals surface area contributed by atoms with E-state index in [-0.39, 0.29) is 12.4 Å². The van der Waals surface area contributed by atoms with E-state index in [2.05, 4.69) is 10.1 Å². The van der Waals surface area contributed by atoms with Gasteiger partial charge in [0.25, 0.3) is 0 Å². The molecule has 18 heavy (non-hydrogen) atoms. The van der Waals surface area contributed by atoms with Gasteiger partial charge in [-0.1, -0.05) is 16.8 Å². The molecule has 0 heterocycles. The van der Waals surface area contributed by atoms with Crippen LogP contribution in [-0.2, 0) is 0 Å². The Morgan fingerprint density at radius 3 is 2.72 bits per heavy atom. The van der Waals surface area contributed by atoms with E-state index in [1.807, 2.05) is 6.07 Å². The lowest BCUT2D eigenvalue weighted by atomic mass is 10.1. The summed E-state index contributed by atoms with van der Waals surface area (Å²) in [5.41, 5.74) is 6.96. The number of hydrogen-bond donors (Lipinski definition) is 3. The number of rotatable bonds is 5. The fourth-order valence-corrected chi connectivity index (χ4v) is 2.24. The summed E-state index contributed by atoms with van der Waals surface area (Å²) in [6.07, 6.45) is 2.25. The second-order valence-corrected chi connectivity index (χ2v) is 4.71. The van der Waals surface area contributed by atoms with Gasteiger partial charge in [0.1, 0.15) is 0 Å². The molecule has 1 aromatic rings. The first-order valence-electron chi connectivity index (χ1n) is 5.82. The van der Waals surface area contributed by atoms with Gasteiger partial charge in [-0.3, -0.25) is 0 Å². The third-order valence-corrected chi connectivity index (χ3v) is 3.29. The van der Waals surface area contributed by atoms with E-state index >= 15 is 0 Å². The first-order chi connectivity index (χ1) is 8.67. The summed E-state index contributed by atoms with van der Waals surface area (Å²) in [6, 6.07) is 5.72. The third-order valence-electron chi connectivity index (χ3n) is 2.99. The van der Waals surface area contributed by atoms with E-state index in [9.17, 15) is 0 Å². The number of aliphatic hydroxyl groups excluding tert-OH is 1. The fourth-order valence-electron chi connectivity index (χ4n) is 1.95. The van der Waals surface area contributed by atoms with E-state index in [0.29, 0.717) is 23.2 Å². The molecule has 1 aromatic carbocycles. The van der Waals surface area contributed by atoms with Crippen LogP contribution in [0.1, 0.15) is 18.4 Å². The molecule has 4 N–H and O–H groups in total. The minimum Gasteiger partial charge on any atom is -0.409 e. The van der Waals surface area contributed by atoms with Crippen molar-refractivity contribution >= 4 is 23.1 Å². The summed E-state index contributed by atoms with van der Waals surface area (Å²) in [5.74, 6) is 0.0311. The van der Waals surface area contributed by atoms with Crippen LogP contribution in [0.4, 0.5) is 5.69 Å². The molecular formula is C12H16ClN3O2. The molecular weight excluding hydrogens is 254 g/mol. The van der Waals surface area contributed by atoms with E-state index in [1.165, 1.54) is 0 Å². The Hall–Kier alpha value is -1.46. The predicted octanol–water partition coefficient (Wildman–Crippen LogP) is 1.40. The van der Waals surface area contributed by atoms with Gasteiger partial charge in [-0.25, -0.2) is 0 Å². The minimum absolute atomic E-state index is 0.0311. The van der Waals surface area contributed by atoms with Crippen LogP contribution in [0.5, 0.6) is 0 Å². The zero-order chi connectivity index (χ0) is 13.1. The number of aliphatic hydroxyl groups is 1. The molecule has 2 rings (SSSR count).